The molecule has 0 bridgehead atoms. The van der Waals surface area contributed by atoms with Gasteiger partial charge in [-0.05, 0) is 32.2 Å². The van der Waals surface area contributed by atoms with Gasteiger partial charge >= 0.3 is 0 Å². The van der Waals surface area contributed by atoms with Crippen molar-refractivity contribution >= 4 is 0 Å². The van der Waals surface area contributed by atoms with Crippen molar-refractivity contribution in [2.24, 2.45) is 0 Å². The SMILES string of the molecule is COc1ccc(-c2nc(CN(C)Cc3ncc[nH]3)c(C)o2)cc1OC. The number of nitrogens with zero attached hydrogens (tertiary/aromatic N) is 3. The van der Waals surface area contributed by atoms with Gasteiger partial charge in [-0.25, -0.2) is 9.97 Å². The molecule has 7 heteroatoms. The Balaban J connectivity index is 1.78. The van der Waals surface area contributed by atoms with Crippen molar-refractivity contribution in [2.75, 3.05) is 21.3 Å². The molecule has 3 rings (SSSR count). The molecule has 2 aromatic heterocycles. The van der Waals surface area contributed by atoms with Crippen LogP contribution in [0.3, 0.4) is 0 Å². The molecule has 3 aromatic rings. The molecule has 0 saturated heterocycles. The second kappa shape index (κ2) is 7.40. The van der Waals surface area contributed by atoms with E-state index in [1.165, 1.54) is 0 Å². The fourth-order valence-electron chi connectivity index (χ4n) is 2.62. The summed E-state index contributed by atoms with van der Waals surface area (Å²) >= 11 is 0. The first-order valence-electron chi connectivity index (χ1n) is 7.96. The van der Waals surface area contributed by atoms with Crippen molar-refractivity contribution in [3.05, 3.63) is 47.9 Å². The number of aromatic amines is 1. The lowest BCUT2D eigenvalue weighted by Gasteiger charge is -2.13. The van der Waals surface area contributed by atoms with Crippen LogP contribution in [0.4, 0.5) is 0 Å². The van der Waals surface area contributed by atoms with E-state index in [2.05, 4.69) is 19.9 Å². The summed E-state index contributed by atoms with van der Waals surface area (Å²) in [5.74, 6) is 3.61. The lowest BCUT2D eigenvalue weighted by Crippen LogP contribution is -2.18. The predicted molar refractivity (Wildman–Crippen MR) is 93.5 cm³/mol. The van der Waals surface area contributed by atoms with Crippen LogP contribution in [0.25, 0.3) is 11.5 Å². The Morgan fingerprint density at radius 3 is 2.64 bits per heavy atom. The highest BCUT2D eigenvalue weighted by Crippen LogP contribution is 2.32. The van der Waals surface area contributed by atoms with Gasteiger partial charge in [-0.15, -0.1) is 0 Å². The van der Waals surface area contributed by atoms with Gasteiger partial charge < -0.3 is 18.9 Å². The average Bonchev–Trinajstić information content (AvgIpc) is 3.24. The molecule has 0 atom stereocenters. The van der Waals surface area contributed by atoms with Crippen LogP contribution in [0.1, 0.15) is 17.3 Å². The van der Waals surface area contributed by atoms with Crippen LogP contribution in [0, 0.1) is 6.92 Å². The van der Waals surface area contributed by atoms with Gasteiger partial charge in [0, 0.05) is 24.5 Å². The summed E-state index contributed by atoms with van der Waals surface area (Å²) < 4.78 is 16.5. The Morgan fingerprint density at radius 1 is 1.16 bits per heavy atom. The zero-order chi connectivity index (χ0) is 17.8. The number of methoxy groups -OCH3 is 2. The molecule has 0 unspecified atom stereocenters. The normalized spacial score (nSPS) is 11.1. The third-order valence-corrected chi connectivity index (χ3v) is 3.92. The fraction of sp³-hybridized carbons (Fsp3) is 0.333. The summed E-state index contributed by atoms with van der Waals surface area (Å²) in [6.07, 6.45) is 3.57. The highest BCUT2D eigenvalue weighted by atomic mass is 16.5. The number of hydrogen-bond donors (Lipinski definition) is 1. The van der Waals surface area contributed by atoms with Gasteiger partial charge in [0.25, 0.3) is 0 Å². The van der Waals surface area contributed by atoms with Gasteiger partial charge in [0.15, 0.2) is 11.5 Å². The van der Waals surface area contributed by atoms with Gasteiger partial charge in [0.05, 0.1) is 26.5 Å². The number of rotatable bonds is 7. The molecule has 1 aromatic carbocycles. The van der Waals surface area contributed by atoms with E-state index in [1.54, 1.807) is 20.4 Å². The maximum Gasteiger partial charge on any atom is 0.226 e. The highest BCUT2D eigenvalue weighted by Gasteiger charge is 2.15. The van der Waals surface area contributed by atoms with Crippen molar-refractivity contribution in [2.45, 2.75) is 20.0 Å². The monoisotopic (exact) mass is 342 g/mol. The molecule has 132 valence electrons. The summed E-state index contributed by atoms with van der Waals surface area (Å²) in [5.41, 5.74) is 1.75. The third kappa shape index (κ3) is 3.83. The minimum absolute atomic E-state index is 0.569. The summed E-state index contributed by atoms with van der Waals surface area (Å²) in [7, 11) is 5.24. The molecule has 7 nitrogen and oxygen atoms in total. The van der Waals surface area contributed by atoms with E-state index in [0.29, 0.717) is 30.5 Å². The molecule has 25 heavy (non-hydrogen) atoms. The van der Waals surface area contributed by atoms with E-state index in [4.69, 9.17) is 13.9 Å². The van der Waals surface area contributed by atoms with Gasteiger partial charge in [-0.1, -0.05) is 0 Å². The number of H-pyrrole nitrogens is 1. The van der Waals surface area contributed by atoms with Crippen molar-refractivity contribution in [1.82, 2.24) is 19.9 Å². The van der Waals surface area contributed by atoms with Crippen LogP contribution < -0.4 is 9.47 Å². The summed E-state index contributed by atoms with van der Waals surface area (Å²) in [6, 6.07) is 5.61. The topological polar surface area (TPSA) is 76.4 Å². The number of hydrogen-bond acceptors (Lipinski definition) is 6. The van der Waals surface area contributed by atoms with E-state index in [0.717, 1.165) is 22.8 Å². The highest BCUT2D eigenvalue weighted by molar-refractivity contribution is 5.60. The number of aromatic nitrogens is 3. The molecule has 0 saturated carbocycles. The Kier molecular flexibility index (Phi) is 5.04. The van der Waals surface area contributed by atoms with Crippen LogP contribution in [0.2, 0.25) is 0 Å². The fourth-order valence-corrected chi connectivity index (χ4v) is 2.62. The van der Waals surface area contributed by atoms with E-state index >= 15 is 0 Å². The number of oxazole rings is 1. The first-order valence-corrected chi connectivity index (χ1v) is 7.96. The minimum atomic E-state index is 0.569. The summed E-state index contributed by atoms with van der Waals surface area (Å²) in [4.78, 5) is 14.1. The van der Waals surface area contributed by atoms with E-state index in [1.807, 2.05) is 38.4 Å². The second-order valence-corrected chi connectivity index (χ2v) is 5.80. The standard InChI is InChI=1S/C18H22N4O3/c1-12-14(10-22(2)11-17-19-7-8-20-17)21-18(25-12)13-5-6-15(23-3)16(9-13)24-4/h5-9H,10-11H2,1-4H3,(H,19,20). The maximum atomic E-state index is 5.85. The smallest absolute Gasteiger partial charge is 0.226 e. The quantitative estimate of drug-likeness (QED) is 0.711. The second-order valence-electron chi connectivity index (χ2n) is 5.80. The first-order chi connectivity index (χ1) is 12.1. The third-order valence-electron chi connectivity index (χ3n) is 3.92. The Labute approximate surface area is 146 Å². The molecule has 2 heterocycles. The van der Waals surface area contributed by atoms with Crippen molar-refractivity contribution in [3.63, 3.8) is 0 Å². The number of imidazole rings is 1. The van der Waals surface area contributed by atoms with Crippen LogP contribution in [0.5, 0.6) is 11.5 Å². The molecule has 0 amide bonds. The molecule has 0 aliphatic rings. The van der Waals surface area contributed by atoms with Crippen LogP contribution >= 0.6 is 0 Å². The lowest BCUT2D eigenvalue weighted by atomic mass is 10.2. The van der Waals surface area contributed by atoms with E-state index < -0.39 is 0 Å². The molecule has 0 aliphatic carbocycles. The van der Waals surface area contributed by atoms with Crippen molar-refractivity contribution in [3.8, 4) is 23.0 Å². The van der Waals surface area contributed by atoms with Crippen LogP contribution in [-0.2, 0) is 13.1 Å². The number of benzene rings is 1. The molecule has 1 N–H and O–H groups in total. The van der Waals surface area contributed by atoms with Crippen molar-refractivity contribution in [1.29, 1.82) is 0 Å². The van der Waals surface area contributed by atoms with Gasteiger partial charge in [0.1, 0.15) is 11.6 Å². The number of aryl methyl sites for hydroxylation is 1. The minimum Gasteiger partial charge on any atom is -0.493 e. The Hall–Kier alpha value is -2.80. The van der Waals surface area contributed by atoms with E-state index in [9.17, 15) is 0 Å². The zero-order valence-corrected chi connectivity index (χ0v) is 14.9. The Morgan fingerprint density at radius 2 is 1.96 bits per heavy atom. The largest absolute Gasteiger partial charge is 0.493 e. The maximum absolute atomic E-state index is 5.85. The molecule has 0 radical (unpaired) electrons. The molecule has 0 fully saturated rings. The molecule has 0 spiro atoms. The first kappa shape index (κ1) is 17.0. The van der Waals surface area contributed by atoms with E-state index in [-0.39, 0.29) is 0 Å². The van der Waals surface area contributed by atoms with Crippen LogP contribution in [0.15, 0.2) is 35.0 Å². The average molecular weight is 342 g/mol. The molecular weight excluding hydrogens is 320 g/mol. The van der Waals surface area contributed by atoms with Crippen LogP contribution in [-0.4, -0.2) is 41.1 Å². The number of ether oxygens (including phenoxy) is 2. The van der Waals surface area contributed by atoms with Gasteiger partial charge in [-0.2, -0.15) is 0 Å². The molecular formula is C18H22N4O3. The molecule has 0 aliphatic heterocycles. The van der Waals surface area contributed by atoms with Gasteiger partial charge in [0.2, 0.25) is 5.89 Å². The lowest BCUT2D eigenvalue weighted by molar-refractivity contribution is 0.306. The summed E-state index contributed by atoms with van der Waals surface area (Å²) in [5, 5.41) is 0. The zero-order valence-electron chi connectivity index (χ0n) is 14.9. The van der Waals surface area contributed by atoms with Crippen molar-refractivity contribution < 1.29 is 13.9 Å². The number of nitrogens with one attached hydrogen (secondary N) is 1. The Bertz CT molecular complexity index is 827. The van der Waals surface area contributed by atoms with Gasteiger partial charge in [-0.3, -0.25) is 4.90 Å². The summed E-state index contributed by atoms with van der Waals surface area (Å²) in [6.45, 7) is 3.31. The predicted octanol–water partition coefficient (Wildman–Crippen LogP) is 3.02.